The molecule has 0 aliphatic rings. The van der Waals surface area contributed by atoms with Gasteiger partial charge in [-0.3, -0.25) is 4.79 Å². The Morgan fingerprint density at radius 2 is 2.05 bits per heavy atom. The maximum Gasteiger partial charge on any atom is 0.305 e. The van der Waals surface area contributed by atoms with Gasteiger partial charge in [0, 0.05) is 19.0 Å². The lowest BCUT2D eigenvalue weighted by Crippen LogP contribution is -2.04. The first-order valence-electron chi connectivity index (χ1n) is 6.31. The molecule has 0 saturated heterocycles. The quantitative estimate of drug-likeness (QED) is 0.582. The van der Waals surface area contributed by atoms with Crippen molar-refractivity contribution in [3.63, 3.8) is 0 Å². The molecule has 1 N–H and O–H groups in total. The van der Waals surface area contributed by atoms with E-state index in [1.54, 1.807) is 13.2 Å². The molecule has 0 fully saturated rings. The number of unbranched alkanes of at least 4 members (excludes halogenated alkanes) is 2. The molecule has 0 aliphatic carbocycles. The molecule has 0 aromatic heterocycles. The van der Waals surface area contributed by atoms with E-state index in [-0.39, 0.29) is 11.8 Å². The predicted octanol–water partition coefficient (Wildman–Crippen LogP) is 2.98. The van der Waals surface area contributed by atoms with Gasteiger partial charge in [-0.2, -0.15) is 0 Å². The van der Waals surface area contributed by atoms with E-state index in [1.807, 2.05) is 0 Å². The molecular weight excluding hydrogens is 249 g/mol. The average Bonchev–Trinajstić information content (AvgIpc) is 2.42. The fourth-order valence-electron chi connectivity index (χ4n) is 1.71. The third kappa shape index (κ3) is 5.59. The Hall–Kier alpha value is -1.78. The maximum absolute atomic E-state index is 13.1. The van der Waals surface area contributed by atoms with Crippen LogP contribution in [-0.4, -0.2) is 26.7 Å². The molecule has 19 heavy (non-hydrogen) atoms. The van der Waals surface area contributed by atoms with E-state index in [4.69, 9.17) is 4.74 Å². The summed E-state index contributed by atoms with van der Waals surface area (Å²) in [5.41, 5.74) is 0.649. The molecule has 0 spiro atoms. The summed E-state index contributed by atoms with van der Waals surface area (Å²) < 4.78 is 22.8. The highest BCUT2D eigenvalue weighted by molar-refractivity contribution is 5.68. The van der Waals surface area contributed by atoms with Gasteiger partial charge in [0.25, 0.3) is 0 Å². The van der Waals surface area contributed by atoms with Crippen LogP contribution < -0.4 is 10.1 Å². The lowest BCUT2D eigenvalue weighted by Gasteiger charge is -2.11. The molecule has 1 aromatic rings. The Labute approximate surface area is 112 Å². The smallest absolute Gasteiger partial charge is 0.305 e. The van der Waals surface area contributed by atoms with Gasteiger partial charge in [0.15, 0.2) is 0 Å². The lowest BCUT2D eigenvalue weighted by molar-refractivity contribution is -0.140. The van der Waals surface area contributed by atoms with Crippen molar-refractivity contribution in [3.8, 4) is 5.75 Å². The number of hydrogen-bond acceptors (Lipinski definition) is 4. The Bertz CT molecular complexity index is 410. The fraction of sp³-hybridized carbons (Fsp3) is 0.500. The third-order valence-electron chi connectivity index (χ3n) is 2.76. The van der Waals surface area contributed by atoms with Gasteiger partial charge in [0.2, 0.25) is 0 Å². The zero-order valence-electron chi connectivity index (χ0n) is 11.4. The largest absolute Gasteiger partial charge is 0.495 e. The molecule has 0 aliphatic heterocycles. The van der Waals surface area contributed by atoms with E-state index in [0.717, 1.165) is 19.3 Å². The van der Waals surface area contributed by atoms with Crippen molar-refractivity contribution in [2.24, 2.45) is 0 Å². The van der Waals surface area contributed by atoms with Crippen molar-refractivity contribution in [3.05, 3.63) is 24.0 Å². The highest BCUT2D eigenvalue weighted by Gasteiger charge is 2.04. The fourth-order valence-corrected chi connectivity index (χ4v) is 1.71. The van der Waals surface area contributed by atoms with Gasteiger partial charge in [-0.05, 0) is 25.0 Å². The Morgan fingerprint density at radius 3 is 2.74 bits per heavy atom. The van der Waals surface area contributed by atoms with Crippen molar-refractivity contribution in [2.45, 2.75) is 25.7 Å². The highest BCUT2D eigenvalue weighted by atomic mass is 19.1. The number of carbonyl (C=O) groups excluding carboxylic acids is 1. The van der Waals surface area contributed by atoms with E-state index in [9.17, 15) is 9.18 Å². The number of esters is 1. The molecule has 0 atom stereocenters. The van der Waals surface area contributed by atoms with Gasteiger partial charge >= 0.3 is 5.97 Å². The van der Waals surface area contributed by atoms with Gasteiger partial charge in [-0.15, -0.1) is 0 Å². The standard InChI is InChI=1S/C14H20FNO3/c1-18-13-8-7-11(15)10-12(13)16-9-5-3-4-6-14(17)19-2/h7-8,10,16H,3-6,9H2,1-2H3. The molecule has 0 bridgehead atoms. The van der Waals surface area contributed by atoms with Gasteiger partial charge in [0.05, 0.1) is 19.9 Å². The van der Waals surface area contributed by atoms with Crippen LogP contribution >= 0.6 is 0 Å². The highest BCUT2D eigenvalue weighted by Crippen LogP contribution is 2.24. The first kappa shape index (κ1) is 15.3. The van der Waals surface area contributed by atoms with Crippen molar-refractivity contribution < 1.29 is 18.7 Å². The van der Waals surface area contributed by atoms with Gasteiger partial charge in [0.1, 0.15) is 11.6 Å². The number of nitrogens with one attached hydrogen (secondary N) is 1. The van der Waals surface area contributed by atoms with E-state index in [1.165, 1.54) is 19.2 Å². The zero-order chi connectivity index (χ0) is 14.1. The van der Waals surface area contributed by atoms with Crippen LogP contribution in [0.15, 0.2) is 18.2 Å². The second-order valence-corrected chi connectivity index (χ2v) is 4.16. The SMILES string of the molecule is COC(=O)CCCCCNc1cc(F)ccc1OC. The summed E-state index contributed by atoms with van der Waals surface area (Å²) >= 11 is 0. The predicted molar refractivity (Wildman–Crippen MR) is 71.9 cm³/mol. The molecular formula is C14H20FNO3. The number of carbonyl (C=O) groups is 1. The van der Waals surface area contributed by atoms with Crippen molar-refractivity contribution >= 4 is 11.7 Å². The molecule has 106 valence electrons. The van der Waals surface area contributed by atoms with Crippen LogP contribution in [0.25, 0.3) is 0 Å². The molecule has 5 heteroatoms. The summed E-state index contributed by atoms with van der Waals surface area (Å²) in [4.78, 5) is 10.9. The first-order valence-corrected chi connectivity index (χ1v) is 6.31. The topological polar surface area (TPSA) is 47.6 Å². The van der Waals surface area contributed by atoms with Gasteiger partial charge in [-0.1, -0.05) is 6.42 Å². The monoisotopic (exact) mass is 269 g/mol. The summed E-state index contributed by atoms with van der Waals surface area (Å²) in [5.74, 6) is 0.143. The van der Waals surface area contributed by atoms with Crippen LogP contribution in [0.3, 0.4) is 0 Å². The zero-order valence-corrected chi connectivity index (χ0v) is 11.4. The van der Waals surface area contributed by atoms with Gasteiger partial charge < -0.3 is 14.8 Å². The number of methoxy groups -OCH3 is 2. The van der Waals surface area contributed by atoms with Crippen molar-refractivity contribution in [2.75, 3.05) is 26.1 Å². The van der Waals surface area contributed by atoms with Crippen LogP contribution in [0.5, 0.6) is 5.75 Å². The number of benzene rings is 1. The normalized spacial score (nSPS) is 10.1. The van der Waals surface area contributed by atoms with E-state index in [2.05, 4.69) is 10.1 Å². The summed E-state index contributed by atoms with van der Waals surface area (Å²) in [5, 5.41) is 3.13. The Kier molecular flexibility index (Phi) is 6.71. The minimum absolute atomic E-state index is 0.181. The number of anilines is 1. The van der Waals surface area contributed by atoms with Crippen LogP contribution in [0.4, 0.5) is 10.1 Å². The van der Waals surface area contributed by atoms with Crippen LogP contribution in [0.1, 0.15) is 25.7 Å². The van der Waals surface area contributed by atoms with Crippen molar-refractivity contribution in [1.29, 1.82) is 0 Å². The van der Waals surface area contributed by atoms with Crippen molar-refractivity contribution in [1.82, 2.24) is 0 Å². The Balaban J connectivity index is 2.25. The van der Waals surface area contributed by atoms with Crippen LogP contribution in [-0.2, 0) is 9.53 Å². The number of ether oxygens (including phenoxy) is 2. The first-order chi connectivity index (χ1) is 9.17. The summed E-state index contributed by atoms with van der Waals surface area (Å²) in [6.45, 7) is 0.709. The second-order valence-electron chi connectivity index (χ2n) is 4.16. The third-order valence-corrected chi connectivity index (χ3v) is 2.76. The Morgan fingerprint density at radius 1 is 1.26 bits per heavy atom. The molecule has 0 heterocycles. The minimum atomic E-state index is -0.297. The summed E-state index contributed by atoms with van der Waals surface area (Å²) in [7, 11) is 2.94. The molecule has 1 aromatic carbocycles. The number of hydrogen-bond donors (Lipinski definition) is 1. The number of rotatable bonds is 8. The maximum atomic E-state index is 13.1. The minimum Gasteiger partial charge on any atom is -0.495 e. The molecule has 0 radical (unpaired) electrons. The summed E-state index contributed by atoms with van der Waals surface area (Å²) in [6, 6.07) is 4.36. The molecule has 0 unspecified atom stereocenters. The van der Waals surface area contributed by atoms with E-state index in [0.29, 0.717) is 24.4 Å². The van der Waals surface area contributed by atoms with Crippen LogP contribution in [0.2, 0.25) is 0 Å². The molecule has 1 rings (SSSR count). The lowest BCUT2D eigenvalue weighted by atomic mass is 10.2. The summed E-state index contributed by atoms with van der Waals surface area (Å²) in [6.07, 6.45) is 3.06. The van der Waals surface area contributed by atoms with E-state index < -0.39 is 0 Å². The molecule has 0 amide bonds. The second kappa shape index (κ2) is 8.34. The average molecular weight is 269 g/mol. The van der Waals surface area contributed by atoms with E-state index >= 15 is 0 Å². The molecule has 0 saturated carbocycles. The molecule has 4 nitrogen and oxygen atoms in total. The van der Waals surface area contributed by atoms with Crippen LogP contribution in [0, 0.1) is 5.82 Å². The number of halogens is 1. The van der Waals surface area contributed by atoms with Gasteiger partial charge in [-0.25, -0.2) is 4.39 Å².